The first-order valence-electron chi connectivity index (χ1n) is 8.27. The largest absolute Gasteiger partial charge is 0.453 e. The Labute approximate surface area is 141 Å². The van der Waals surface area contributed by atoms with Crippen molar-refractivity contribution < 1.29 is 9.47 Å². The molecule has 0 unspecified atom stereocenters. The number of benzene rings is 3. The van der Waals surface area contributed by atoms with Crippen LogP contribution in [0.5, 0.6) is 23.0 Å². The second-order valence-corrected chi connectivity index (χ2v) is 6.24. The summed E-state index contributed by atoms with van der Waals surface area (Å²) in [5.74, 6) is 3.52. The van der Waals surface area contributed by atoms with E-state index in [0.29, 0.717) is 0 Å². The molecule has 3 heteroatoms. The smallest absolute Gasteiger partial charge is 0.155 e. The number of anilines is 3. The molecule has 0 aliphatic carbocycles. The topological polar surface area (TPSA) is 21.7 Å². The molecule has 118 valence electrons. The Bertz CT molecular complexity index is 978. The lowest BCUT2D eigenvalue weighted by Crippen LogP contribution is -2.20. The maximum absolute atomic E-state index is 6.32. The molecular formula is C21H17NO2. The van der Waals surface area contributed by atoms with Gasteiger partial charge in [-0.05, 0) is 54.8 Å². The van der Waals surface area contributed by atoms with Gasteiger partial charge in [0, 0.05) is 0 Å². The standard InChI is InChI=1S/C21H17NO2/c1-3-14-7-6-9-16-21(14)24-19-12-13(2)11-18-20(19)22(16)15-8-4-5-10-17(15)23-18/h4-12H,3H2,1-2H3. The third kappa shape index (κ3) is 1.72. The summed E-state index contributed by atoms with van der Waals surface area (Å²) in [6.45, 7) is 4.22. The molecule has 24 heavy (non-hydrogen) atoms. The van der Waals surface area contributed by atoms with Gasteiger partial charge in [-0.1, -0.05) is 31.2 Å². The van der Waals surface area contributed by atoms with Gasteiger partial charge in [0.2, 0.25) is 0 Å². The number of ether oxygens (including phenoxy) is 2. The van der Waals surface area contributed by atoms with E-state index in [1.165, 1.54) is 5.56 Å². The average molecular weight is 315 g/mol. The van der Waals surface area contributed by atoms with Gasteiger partial charge in [-0.25, -0.2) is 0 Å². The summed E-state index contributed by atoms with van der Waals surface area (Å²) in [4.78, 5) is 2.26. The normalized spacial score (nSPS) is 13.3. The van der Waals surface area contributed by atoms with Crippen molar-refractivity contribution in [3.63, 3.8) is 0 Å². The third-order valence-corrected chi connectivity index (χ3v) is 4.64. The van der Waals surface area contributed by atoms with Crippen molar-refractivity contribution in [3.05, 3.63) is 65.7 Å². The zero-order valence-corrected chi connectivity index (χ0v) is 13.7. The minimum atomic E-state index is 0.844. The Hall–Kier alpha value is -2.94. The number of hydrogen-bond donors (Lipinski definition) is 0. The highest BCUT2D eigenvalue weighted by molar-refractivity contribution is 5.94. The molecule has 0 spiro atoms. The van der Waals surface area contributed by atoms with Crippen LogP contribution in [0.25, 0.3) is 0 Å². The predicted molar refractivity (Wildman–Crippen MR) is 95.4 cm³/mol. The molecule has 0 N–H and O–H groups in total. The molecule has 0 atom stereocenters. The van der Waals surface area contributed by atoms with Crippen molar-refractivity contribution in [2.45, 2.75) is 20.3 Å². The highest BCUT2D eigenvalue weighted by Crippen LogP contribution is 2.60. The van der Waals surface area contributed by atoms with Crippen molar-refractivity contribution >= 4 is 17.1 Å². The second kappa shape index (κ2) is 4.78. The Morgan fingerprint density at radius 1 is 0.833 bits per heavy atom. The molecule has 0 amide bonds. The number of rotatable bonds is 1. The number of nitrogens with zero attached hydrogens (tertiary/aromatic N) is 1. The van der Waals surface area contributed by atoms with Crippen LogP contribution < -0.4 is 14.4 Å². The second-order valence-electron chi connectivity index (χ2n) is 6.24. The van der Waals surface area contributed by atoms with Crippen molar-refractivity contribution in [1.29, 1.82) is 0 Å². The lowest BCUT2D eigenvalue weighted by molar-refractivity contribution is 0.442. The molecule has 3 aromatic carbocycles. The van der Waals surface area contributed by atoms with Gasteiger partial charge >= 0.3 is 0 Å². The molecule has 5 rings (SSSR count). The van der Waals surface area contributed by atoms with E-state index in [2.05, 4.69) is 55.1 Å². The van der Waals surface area contributed by atoms with Crippen LogP contribution in [0.1, 0.15) is 18.1 Å². The first kappa shape index (κ1) is 13.5. The number of para-hydroxylation sites is 3. The summed E-state index contributed by atoms with van der Waals surface area (Å²) in [5.41, 5.74) is 5.45. The van der Waals surface area contributed by atoms with Crippen LogP contribution in [-0.4, -0.2) is 0 Å². The van der Waals surface area contributed by atoms with Gasteiger partial charge in [0.15, 0.2) is 23.0 Å². The molecule has 3 aromatic rings. The fourth-order valence-electron chi connectivity index (χ4n) is 3.56. The van der Waals surface area contributed by atoms with E-state index >= 15 is 0 Å². The molecule has 2 aliphatic heterocycles. The summed E-state index contributed by atoms with van der Waals surface area (Å²) in [7, 11) is 0. The van der Waals surface area contributed by atoms with Crippen LogP contribution in [-0.2, 0) is 6.42 Å². The Morgan fingerprint density at radius 2 is 1.58 bits per heavy atom. The minimum Gasteiger partial charge on any atom is -0.453 e. The highest BCUT2D eigenvalue weighted by Gasteiger charge is 2.35. The van der Waals surface area contributed by atoms with Crippen molar-refractivity contribution in [3.8, 4) is 23.0 Å². The van der Waals surface area contributed by atoms with Gasteiger partial charge in [0.05, 0.1) is 11.4 Å². The maximum atomic E-state index is 6.32. The van der Waals surface area contributed by atoms with Gasteiger partial charge < -0.3 is 9.47 Å². The lowest BCUT2D eigenvalue weighted by Gasteiger charge is -2.38. The quantitative estimate of drug-likeness (QED) is 0.365. The van der Waals surface area contributed by atoms with Crippen LogP contribution >= 0.6 is 0 Å². The van der Waals surface area contributed by atoms with Crippen molar-refractivity contribution in [2.75, 3.05) is 4.90 Å². The summed E-state index contributed by atoms with van der Waals surface area (Å²) >= 11 is 0. The first-order chi connectivity index (χ1) is 11.8. The van der Waals surface area contributed by atoms with E-state index in [1.807, 2.05) is 18.2 Å². The average Bonchev–Trinajstić information content (AvgIpc) is 2.60. The van der Waals surface area contributed by atoms with Crippen LogP contribution in [0.2, 0.25) is 0 Å². The molecule has 0 fully saturated rings. The third-order valence-electron chi connectivity index (χ3n) is 4.64. The van der Waals surface area contributed by atoms with Crippen LogP contribution in [0.15, 0.2) is 54.6 Å². The Balaban J connectivity index is 1.86. The van der Waals surface area contributed by atoms with E-state index < -0.39 is 0 Å². The SMILES string of the molecule is CCc1cccc2c1Oc1cc(C)cc3c1N2c1ccccc1O3. The molecule has 0 bridgehead atoms. The summed E-state index contributed by atoms with van der Waals surface area (Å²) in [5, 5.41) is 0. The Kier molecular flexibility index (Phi) is 2.69. The summed E-state index contributed by atoms with van der Waals surface area (Å²) in [6.07, 6.45) is 0.934. The molecule has 2 aliphatic rings. The van der Waals surface area contributed by atoms with E-state index in [9.17, 15) is 0 Å². The van der Waals surface area contributed by atoms with E-state index in [4.69, 9.17) is 9.47 Å². The zero-order chi connectivity index (χ0) is 16.3. The number of fused-ring (bicyclic) bond motifs is 4. The fourth-order valence-corrected chi connectivity index (χ4v) is 3.56. The molecule has 0 saturated carbocycles. The van der Waals surface area contributed by atoms with E-state index in [0.717, 1.165) is 52.0 Å². The van der Waals surface area contributed by atoms with Crippen LogP contribution in [0.4, 0.5) is 17.1 Å². The summed E-state index contributed by atoms with van der Waals surface area (Å²) in [6, 6.07) is 18.6. The van der Waals surface area contributed by atoms with E-state index in [1.54, 1.807) is 0 Å². The fraction of sp³-hybridized carbons (Fsp3) is 0.143. The number of aryl methyl sites for hydroxylation is 2. The molecule has 3 nitrogen and oxygen atoms in total. The predicted octanol–water partition coefficient (Wildman–Crippen LogP) is 6.24. The van der Waals surface area contributed by atoms with Gasteiger partial charge in [-0.2, -0.15) is 0 Å². The van der Waals surface area contributed by atoms with Gasteiger partial charge in [0.1, 0.15) is 5.69 Å². The molecular weight excluding hydrogens is 298 g/mol. The van der Waals surface area contributed by atoms with Crippen molar-refractivity contribution in [1.82, 2.24) is 0 Å². The molecule has 0 radical (unpaired) electrons. The lowest BCUT2D eigenvalue weighted by atomic mass is 10.0. The highest BCUT2D eigenvalue weighted by atomic mass is 16.5. The van der Waals surface area contributed by atoms with Gasteiger partial charge in [-0.3, -0.25) is 4.90 Å². The molecule has 0 aromatic heterocycles. The molecule has 0 saturated heterocycles. The van der Waals surface area contributed by atoms with Gasteiger partial charge in [-0.15, -0.1) is 0 Å². The monoisotopic (exact) mass is 315 g/mol. The maximum Gasteiger partial charge on any atom is 0.155 e. The summed E-state index contributed by atoms with van der Waals surface area (Å²) < 4.78 is 12.5. The molecule has 2 heterocycles. The Morgan fingerprint density at radius 3 is 2.42 bits per heavy atom. The van der Waals surface area contributed by atoms with Crippen LogP contribution in [0, 0.1) is 6.92 Å². The van der Waals surface area contributed by atoms with E-state index in [-0.39, 0.29) is 0 Å². The first-order valence-corrected chi connectivity index (χ1v) is 8.27. The number of hydrogen-bond acceptors (Lipinski definition) is 3. The van der Waals surface area contributed by atoms with Crippen molar-refractivity contribution in [2.24, 2.45) is 0 Å². The van der Waals surface area contributed by atoms with Gasteiger partial charge in [0.25, 0.3) is 0 Å². The minimum absolute atomic E-state index is 0.844. The van der Waals surface area contributed by atoms with Crippen LogP contribution in [0.3, 0.4) is 0 Å². The zero-order valence-electron chi connectivity index (χ0n) is 13.7.